The van der Waals surface area contributed by atoms with E-state index in [2.05, 4.69) is 10.6 Å². The maximum absolute atomic E-state index is 14.1. The van der Waals surface area contributed by atoms with Crippen molar-refractivity contribution >= 4 is 35.6 Å². The third-order valence-electron chi connectivity index (χ3n) is 4.95. The molecule has 0 saturated carbocycles. The minimum atomic E-state index is -0.527. The van der Waals surface area contributed by atoms with E-state index in [9.17, 15) is 8.78 Å². The van der Waals surface area contributed by atoms with Gasteiger partial charge in [-0.3, -0.25) is 0 Å². The third-order valence-corrected chi connectivity index (χ3v) is 4.95. The van der Waals surface area contributed by atoms with Gasteiger partial charge in [-0.1, -0.05) is 30.3 Å². The zero-order valence-corrected chi connectivity index (χ0v) is 19.7. The molecule has 1 fully saturated rings. The van der Waals surface area contributed by atoms with Crippen molar-refractivity contribution in [3.63, 3.8) is 0 Å². The summed E-state index contributed by atoms with van der Waals surface area (Å²) in [6, 6.07) is 12.1. The number of benzene rings is 2. The molecule has 0 aromatic heterocycles. The van der Waals surface area contributed by atoms with Gasteiger partial charge in [0.15, 0.2) is 5.96 Å². The Morgan fingerprint density at radius 2 is 1.83 bits per heavy atom. The lowest BCUT2D eigenvalue weighted by Crippen LogP contribution is -2.44. The Labute approximate surface area is 193 Å². The minimum absolute atomic E-state index is 0. The van der Waals surface area contributed by atoms with Crippen molar-refractivity contribution in [1.82, 2.24) is 10.6 Å². The first-order chi connectivity index (χ1) is 14.1. The van der Waals surface area contributed by atoms with Gasteiger partial charge in [0.05, 0.1) is 13.2 Å². The van der Waals surface area contributed by atoms with Crippen molar-refractivity contribution in [2.45, 2.75) is 32.5 Å². The van der Waals surface area contributed by atoms with E-state index in [1.807, 2.05) is 31.2 Å². The molecule has 1 atom stereocenters. The summed E-state index contributed by atoms with van der Waals surface area (Å²) in [5, 5.41) is 6.65. The molecule has 164 valence electrons. The summed E-state index contributed by atoms with van der Waals surface area (Å²) in [6.45, 7) is 4.90. The van der Waals surface area contributed by atoms with Crippen molar-refractivity contribution in [2.75, 3.05) is 31.6 Å². The van der Waals surface area contributed by atoms with Gasteiger partial charge in [0.2, 0.25) is 0 Å². The Morgan fingerprint density at radius 1 is 1.13 bits per heavy atom. The van der Waals surface area contributed by atoms with E-state index in [0.29, 0.717) is 32.2 Å². The van der Waals surface area contributed by atoms with Crippen LogP contribution in [0.25, 0.3) is 0 Å². The summed E-state index contributed by atoms with van der Waals surface area (Å²) in [4.78, 5) is 6.44. The lowest BCUT2D eigenvalue weighted by molar-refractivity contribution is 0.184. The zero-order valence-electron chi connectivity index (χ0n) is 17.3. The fraction of sp³-hybridized carbons (Fsp3) is 0.409. The van der Waals surface area contributed by atoms with Crippen LogP contribution < -0.4 is 15.5 Å². The topological polar surface area (TPSA) is 48.9 Å². The molecule has 1 heterocycles. The van der Waals surface area contributed by atoms with Gasteiger partial charge >= 0.3 is 0 Å². The predicted molar refractivity (Wildman–Crippen MR) is 127 cm³/mol. The Balaban J connectivity index is 0.00000320. The number of methoxy groups -OCH3 is 1. The summed E-state index contributed by atoms with van der Waals surface area (Å²) in [5.41, 5.74) is 2.26. The van der Waals surface area contributed by atoms with E-state index in [4.69, 9.17) is 9.73 Å². The van der Waals surface area contributed by atoms with E-state index in [-0.39, 0.29) is 35.7 Å². The Kier molecular flexibility index (Phi) is 9.77. The molecule has 1 unspecified atom stereocenters. The molecule has 1 aliphatic rings. The maximum Gasteiger partial charge on any atom is 0.191 e. The average Bonchev–Trinajstić information content (AvgIpc) is 3.15. The van der Waals surface area contributed by atoms with E-state index in [1.165, 1.54) is 18.2 Å². The van der Waals surface area contributed by atoms with E-state index in [0.717, 1.165) is 24.1 Å². The molecule has 8 heteroatoms. The van der Waals surface area contributed by atoms with Crippen molar-refractivity contribution in [3.8, 4) is 0 Å². The molecular formula is C22H29F2IN4O. The van der Waals surface area contributed by atoms with Crippen molar-refractivity contribution in [2.24, 2.45) is 4.99 Å². The standard InChI is InChI=1S/C22H28F2N4O.HI/c1-3-25-22(26-13-16-7-4-5-8-17(16)15-29-2)27-18-11-12-28(14-18)21-19(23)9-6-10-20(21)24;/h4-10,18H,3,11-15H2,1-2H3,(H2,25,26,27);1H. The second-order valence-electron chi connectivity index (χ2n) is 7.04. The van der Waals surface area contributed by atoms with Gasteiger partial charge in [0.1, 0.15) is 17.3 Å². The number of ether oxygens (including phenoxy) is 1. The first-order valence-corrected chi connectivity index (χ1v) is 9.92. The minimum Gasteiger partial charge on any atom is -0.380 e. The first kappa shape index (κ1) is 24.3. The van der Waals surface area contributed by atoms with Crippen LogP contribution in [0, 0.1) is 11.6 Å². The molecule has 0 amide bonds. The van der Waals surface area contributed by atoms with E-state index in [1.54, 1.807) is 12.0 Å². The number of hydrogen-bond donors (Lipinski definition) is 2. The molecule has 0 spiro atoms. The van der Waals surface area contributed by atoms with Crippen LogP contribution in [-0.2, 0) is 17.9 Å². The highest BCUT2D eigenvalue weighted by atomic mass is 127. The molecule has 2 aromatic rings. The number of halogens is 3. The molecule has 0 aliphatic carbocycles. The fourth-order valence-corrected chi connectivity index (χ4v) is 3.56. The zero-order chi connectivity index (χ0) is 20.6. The van der Waals surface area contributed by atoms with Gasteiger partial charge < -0.3 is 20.3 Å². The third kappa shape index (κ3) is 6.28. The van der Waals surface area contributed by atoms with Crippen molar-refractivity contribution < 1.29 is 13.5 Å². The second kappa shape index (κ2) is 12.0. The Hall–Kier alpha value is -1.94. The molecular weight excluding hydrogens is 501 g/mol. The fourth-order valence-electron chi connectivity index (χ4n) is 3.56. The van der Waals surface area contributed by atoms with E-state index >= 15 is 0 Å². The summed E-state index contributed by atoms with van der Waals surface area (Å²) in [7, 11) is 1.68. The largest absolute Gasteiger partial charge is 0.380 e. The monoisotopic (exact) mass is 530 g/mol. The highest BCUT2D eigenvalue weighted by molar-refractivity contribution is 14.0. The van der Waals surface area contributed by atoms with Gasteiger partial charge in [0.25, 0.3) is 0 Å². The Bertz CT molecular complexity index is 829. The maximum atomic E-state index is 14.1. The average molecular weight is 530 g/mol. The summed E-state index contributed by atoms with van der Waals surface area (Å²) in [6.07, 6.45) is 0.776. The van der Waals surface area contributed by atoms with Crippen LogP contribution in [0.3, 0.4) is 0 Å². The van der Waals surface area contributed by atoms with Gasteiger partial charge in [-0.05, 0) is 36.6 Å². The number of guanidine groups is 1. The summed E-state index contributed by atoms with van der Waals surface area (Å²) < 4.78 is 33.4. The second-order valence-corrected chi connectivity index (χ2v) is 7.04. The lowest BCUT2D eigenvalue weighted by Gasteiger charge is -2.21. The number of para-hydroxylation sites is 1. The number of hydrogen-bond acceptors (Lipinski definition) is 3. The summed E-state index contributed by atoms with van der Waals surface area (Å²) in [5.74, 6) is -0.359. The molecule has 2 N–H and O–H groups in total. The molecule has 2 aromatic carbocycles. The van der Waals surface area contributed by atoms with E-state index < -0.39 is 11.6 Å². The smallest absolute Gasteiger partial charge is 0.191 e. The highest BCUT2D eigenvalue weighted by Crippen LogP contribution is 2.26. The van der Waals surface area contributed by atoms with Crippen LogP contribution in [0.15, 0.2) is 47.5 Å². The molecule has 0 radical (unpaired) electrons. The number of anilines is 1. The molecule has 1 aliphatic heterocycles. The quantitative estimate of drug-likeness (QED) is 0.322. The molecule has 30 heavy (non-hydrogen) atoms. The van der Waals surface area contributed by atoms with Crippen LogP contribution in [0.2, 0.25) is 0 Å². The van der Waals surface area contributed by atoms with Gasteiger partial charge in [-0.25, -0.2) is 13.8 Å². The number of nitrogens with zero attached hydrogens (tertiary/aromatic N) is 2. The van der Waals surface area contributed by atoms with Crippen LogP contribution in [0.5, 0.6) is 0 Å². The van der Waals surface area contributed by atoms with Crippen LogP contribution in [-0.4, -0.2) is 38.7 Å². The van der Waals surface area contributed by atoms with Crippen LogP contribution in [0.1, 0.15) is 24.5 Å². The highest BCUT2D eigenvalue weighted by Gasteiger charge is 2.27. The SMILES string of the molecule is CCNC(=NCc1ccccc1COC)NC1CCN(c2c(F)cccc2F)C1.I. The number of nitrogens with one attached hydrogen (secondary N) is 2. The normalized spacial score (nSPS) is 16.3. The van der Waals surface area contributed by atoms with Crippen molar-refractivity contribution in [3.05, 3.63) is 65.2 Å². The predicted octanol–water partition coefficient (Wildman–Crippen LogP) is 4.06. The molecule has 3 rings (SSSR count). The molecule has 5 nitrogen and oxygen atoms in total. The van der Waals surface area contributed by atoms with Crippen molar-refractivity contribution in [1.29, 1.82) is 0 Å². The number of aliphatic imine (C=N–C) groups is 1. The Morgan fingerprint density at radius 3 is 2.50 bits per heavy atom. The lowest BCUT2D eigenvalue weighted by atomic mass is 10.1. The molecule has 1 saturated heterocycles. The van der Waals surface area contributed by atoms with Gasteiger partial charge in [-0.15, -0.1) is 24.0 Å². The summed E-state index contributed by atoms with van der Waals surface area (Å²) >= 11 is 0. The first-order valence-electron chi connectivity index (χ1n) is 9.92. The number of rotatable bonds is 7. The van der Waals surface area contributed by atoms with Crippen LogP contribution in [0.4, 0.5) is 14.5 Å². The molecule has 0 bridgehead atoms. The van der Waals surface area contributed by atoms with Gasteiger partial charge in [0, 0.05) is 32.8 Å². The van der Waals surface area contributed by atoms with Crippen LogP contribution >= 0.6 is 24.0 Å². The van der Waals surface area contributed by atoms with Gasteiger partial charge in [-0.2, -0.15) is 0 Å².